The Morgan fingerprint density at radius 2 is 1.89 bits per heavy atom. The van der Waals surface area contributed by atoms with Gasteiger partial charge >= 0.3 is 0 Å². The maximum Gasteiger partial charge on any atom is 0.161 e. The average Bonchev–Trinajstić information content (AvgIpc) is 2.35. The number of hydrogen-bond donors (Lipinski definition) is 1. The highest BCUT2D eigenvalue weighted by Crippen LogP contribution is 2.24. The van der Waals surface area contributed by atoms with E-state index in [0.29, 0.717) is 11.6 Å². The van der Waals surface area contributed by atoms with Gasteiger partial charge < -0.3 is 10.5 Å². The Labute approximate surface area is 113 Å². The van der Waals surface area contributed by atoms with E-state index in [9.17, 15) is 0 Å². The van der Waals surface area contributed by atoms with E-state index in [1.807, 2.05) is 52.0 Å². The van der Waals surface area contributed by atoms with Gasteiger partial charge in [-0.25, -0.2) is 9.97 Å². The van der Waals surface area contributed by atoms with Crippen LogP contribution in [0.4, 0.5) is 5.82 Å². The van der Waals surface area contributed by atoms with Crippen molar-refractivity contribution in [3.8, 4) is 17.1 Å². The van der Waals surface area contributed by atoms with Crippen LogP contribution in [-0.4, -0.2) is 16.1 Å². The van der Waals surface area contributed by atoms with E-state index in [2.05, 4.69) is 9.97 Å². The summed E-state index contributed by atoms with van der Waals surface area (Å²) in [4.78, 5) is 8.81. The van der Waals surface area contributed by atoms with E-state index in [4.69, 9.17) is 10.5 Å². The predicted molar refractivity (Wildman–Crippen MR) is 77.1 cm³/mol. The zero-order valence-corrected chi connectivity index (χ0v) is 11.8. The van der Waals surface area contributed by atoms with Crippen LogP contribution >= 0.6 is 0 Å². The summed E-state index contributed by atoms with van der Waals surface area (Å²) in [6, 6.07) is 7.75. The lowest BCUT2D eigenvalue weighted by Gasteiger charge is -2.11. The number of rotatable bonds is 3. The molecule has 0 unspecified atom stereocenters. The first-order valence-electron chi connectivity index (χ1n) is 6.35. The molecule has 0 amide bonds. The van der Waals surface area contributed by atoms with Crippen LogP contribution in [0.2, 0.25) is 0 Å². The van der Waals surface area contributed by atoms with Gasteiger partial charge in [0.25, 0.3) is 0 Å². The summed E-state index contributed by atoms with van der Waals surface area (Å²) in [7, 11) is 0. The van der Waals surface area contributed by atoms with Gasteiger partial charge in [0.1, 0.15) is 11.6 Å². The van der Waals surface area contributed by atoms with Crippen molar-refractivity contribution >= 4 is 5.82 Å². The van der Waals surface area contributed by atoms with E-state index in [0.717, 1.165) is 22.6 Å². The second-order valence-electron chi connectivity index (χ2n) is 4.84. The summed E-state index contributed by atoms with van der Waals surface area (Å²) in [6.45, 7) is 7.85. The van der Waals surface area contributed by atoms with Crippen LogP contribution in [0.1, 0.15) is 25.1 Å². The fraction of sp³-hybridized carbons (Fsp3) is 0.333. The van der Waals surface area contributed by atoms with Crippen molar-refractivity contribution in [1.82, 2.24) is 9.97 Å². The van der Waals surface area contributed by atoms with Crippen LogP contribution in [-0.2, 0) is 0 Å². The summed E-state index contributed by atoms with van der Waals surface area (Å²) < 4.78 is 5.67. The molecule has 1 aromatic heterocycles. The van der Waals surface area contributed by atoms with E-state index in [-0.39, 0.29) is 6.10 Å². The standard InChI is InChI=1S/C15H19N3O/c1-9(2)19-13-7-5-6-12(8-13)15-17-11(4)10(3)14(16)18-15/h5-9H,1-4H3,(H2,16,17,18). The van der Waals surface area contributed by atoms with Gasteiger partial charge in [0.15, 0.2) is 5.82 Å². The topological polar surface area (TPSA) is 61.0 Å². The van der Waals surface area contributed by atoms with Crippen LogP contribution in [0.25, 0.3) is 11.4 Å². The molecule has 0 atom stereocenters. The maximum atomic E-state index is 5.90. The van der Waals surface area contributed by atoms with Crippen LogP contribution in [0.15, 0.2) is 24.3 Å². The van der Waals surface area contributed by atoms with E-state index >= 15 is 0 Å². The highest BCUT2D eigenvalue weighted by atomic mass is 16.5. The first kappa shape index (κ1) is 13.3. The molecule has 0 fully saturated rings. The van der Waals surface area contributed by atoms with Crippen LogP contribution < -0.4 is 10.5 Å². The SMILES string of the molecule is Cc1nc(-c2cccc(OC(C)C)c2)nc(N)c1C. The molecule has 1 heterocycles. The van der Waals surface area contributed by atoms with Gasteiger partial charge in [0, 0.05) is 16.8 Å². The van der Waals surface area contributed by atoms with Gasteiger partial charge in [-0.15, -0.1) is 0 Å². The number of aryl methyl sites for hydroxylation is 1. The minimum absolute atomic E-state index is 0.140. The number of nitrogens with zero attached hydrogens (tertiary/aromatic N) is 2. The highest BCUT2D eigenvalue weighted by molar-refractivity contribution is 5.60. The predicted octanol–water partition coefficient (Wildman–Crippen LogP) is 3.13. The number of benzene rings is 1. The van der Waals surface area contributed by atoms with Gasteiger partial charge in [-0.05, 0) is 39.8 Å². The van der Waals surface area contributed by atoms with Crippen molar-refractivity contribution in [2.45, 2.75) is 33.8 Å². The zero-order chi connectivity index (χ0) is 14.0. The lowest BCUT2D eigenvalue weighted by Crippen LogP contribution is -2.06. The smallest absolute Gasteiger partial charge is 0.161 e. The van der Waals surface area contributed by atoms with Crippen molar-refractivity contribution in [2.75, 3.05) is 5.73 Å². The second-order valence-corrected chi connectivity index (χ2v) is 4.84. The molecule has 19 heavy (non-hydrogen) atoms. The van der Waals surface area contributed by atoms with Crippen LogP contribution in [0, 0.1) is 13.8 Å². The van der Waals surface area contributed by atoms with Crippen molar-refractivity contribution in [1.29, 1.82) is 0 Å². The zero-order valence-electron chi connectivity index (χ0n) is 11.8. The van der Waals surface area contributed by atoms with Gasteiger partial charge in [0.05, 0.1) is 6.10 Å². The molecule has 4 nitrogen and oxygen atoms in total. The summed E-state index contributed by atoms with van der Waals surface area (Å²) in [5, 5.41) is 0. The molecule has 0 spiro atoms. The van der Waals surface area contributed by atoms with Crippen LogP contribution in [0.5, 0.6) is 5.75 Å². The lowest BCUT2D eigenvalue weighted by molar-refractivity contribution is 0.242. The third-order valence-corrected chi connectivity index (χ3v) is 2.89. The number of nitrogens with two attached hydrogens (primary N) is 1. The van der Waals surface area contributed by atoms with Crippen molar-refractivity contribution in [2.24, 2.45) is 0 Å². The molecular formula is C15H19N3O. The fourth-order valence-corrected chi connectivity index (χ4v) is 1.76. The van der Waals surface area contributed by atoms with Crippen LogP contribution in [0.3, 0.4) is 0 Å². The van der Waals surface area contributed by atoms with E-state index in [1.54, 1.807) is 0 Å². The number of hydrogen-bond acceptors (Lipinski definition) is 4. The monoisotopic (exact) mass is 257 g/mol. The molecule has 1 aromatic carbocycles. The Hall–Kier alpha value is -2.10. The molecule has 0 bridgehead atoms. The van der Waals surface area contributed by atoms with Gasteiger partial charge in [-0.2, -0.15) is 0 Å². The van der Waals surface area contributed by atoms with Gasteiger partial charge in [-0.3, -0.25) is 0 Å². The van der Waals surface area contributed by atoms with Gasteiger partial charge in [0.2, 0.25) is 0 Å². The number of ether oxygens (including phenoxy) is 1. The molecule has 2 N–H and O–H groups in total. The minimum Gasteiger partial charge on any atom is -0.491 e. The molecule has 2 rings (SSSR count). The Morgan fingerprint density at radius 3 is 2.53 bits per heavy atom. The van der Waals surface area contributed by atoms with Gasteiger partial charge in [-0.1, -0.05) is 12.1 Å². The Morgan fingerprint density at radius 1 is 1.16 bits per heavy atom. The molecule has 0 saturated carbocycles. The molecule has 0 aliphatic carbocycles. The maximum absolute atomic E-state index is 5.90. The molecule has 0 saturated heterocycles. The lowest BCUT2D eigenvalue weighted by atomic mass is 10.1. The van der Waals surface area contributed by atoms with E-state index in [1.165, 1.54) is 0 Å². The third kappa shape index (κ3) is 3.02. The summed E-state index contributed by atoms with van der Waals surface area (Å²) in [5.41, 5.74) is 8.64. The summed E-state index contributed by atoms with van der Waals surface area (Å²) >= 11 is 0. The Balaban J connectivity index is 2.41. The average molecular weight is 257 g/mol. The minimum atomic E-state index is 0.140. The first-order valence-corrected chi connectivity index (χ1v) is 6.35. The Bertz CT molecular complexity index is 571. The quantitative estimate of drug-likeness (QED) is 0.917. The third-order valence-electron chi connectivity index (χ3n) is 2.89. The Kier molecular flexibility index (Phi) is 3.69. The molecule has 100 valence electrons. The number of anilines is 1. The molecule has 0 radical (unpaired) electrons. The normalized spacial score (nSPS) is 10.8. The first-order chi connectivity index (χ1) is 8.97. The molecular weight excluding hydrogens is 238 g/mol. The van der Waals surface area contributed by atoms with Crippen molar-refractivity contribution in [3.05, 3.63) is 35.5 Å². The second kappa shape index (κ2) is 5.26. The number of nitrogen functional groups attached to an aromatic ring is 1. The summed E-state index contributed by atoms with van der Waals surface area (Å²) in [6.07, 6.45) is 0.140. The fourth-order valence-electron chi connectivity index (χ4n) is 1.76. The van der Waals surface area contributed by atoms with Crippen molar-refractivity contribution < 1.29 is 4.74 Å². The summed E-state index contributed by atoms with van der Waals surface area (Å²) in [5.74, 6) is 1.97. The largest absolute Gasteiger partial charge is 0.491 e. The van der Waals surface area contributed by atoms with E-state index < -0.39 is 0 Å². The van der Waals surface area contributed by atoms with Crippen molar-refractivity contribution in [3.63, 3.8) is 0 Å². The highest BCUT2D eigenvalue weighted by Gasteiger charge is 2.08. The molecule has 0 aliphatic heterocycles. The molecule has 4 heteroatoms. The molecule has 0 aliphatic rings. The molecule has 2 aromatic rings. The number of aromatic nitrogens is 2.